The third-order valence-electron chi connectivity index (χ3n) is 2.45. The van der Waals surface area contributed by atoms with Crippen LogP contribution >= 0.6 is 31.9 Å². The summed E-state index contributed by atoms with van der Waals surface area (Å²) in [7, 11) is 0. The predicted molar refractivity (Wildman–Crippen MR) is 79.3 cm³/mol. The van der Waals surface area contributed by atoms with Crippen LogP contribution in [-0.2, 0) is 6.54 Å². The van der Waals surface area contributed by atoms with Crippen molar-refractivity contribution in [1.29, 1.82) is 0 Å². The van der Waals surface area contributed by atoms with Gasteiger partial charge in [0.2, 0.25) is 5.89 Å². The van der Waals surface area contributed by atoms with Gasteiger partial charge in [-0.1, -0.05) is 22.9 Å². The monoisotopic (exact) mass is 372 g/mol. The van der Waals surface area contributed by atoms with Crippen molar-refractivity contribution in [2.75, 3.05) is 6.54 Å². The molecule has 0 aliphatic heterocycles. The number of benzene rings is 1. The fourth-order valence-corrected chi connectivity index (χ4v) is 2.78. The van der Waals surface area contributed by atoms with Crippen LogP contribution in [0, 0.1) is 0 Å². The van der Waals surface area contributed by atoms with Crippen molar-refractivity contribution in [2.45, 2.75) is 19.9 Å². The Kier molecular flexibility index (Phi) is 4.97. The molecule has 1 aromatic carbocycles. The summed E-state index contributed by atoms with van der Waals surface area (Å²) in [6, 6.07) is 5.93. The molecule has 5 heteroatoms. The Morgan fingerprint density at radius 3 is 2.89 bits per heavy atom. The van der Waals surface area contributed by atoms with E-state index >= 15 is 0 Å². The van der Waals surface area contributed by atoms with Crippen LogP contribution < -0.4 is 5.32 Å². The van der Waals surface area contributed by atoms with Crippen molar-refractivity contribution >= 4 is 31.9 Å². The van der Waals surface area contributed by atoms with E-state index in [1.54, 1.807) is 6.26 Å². The molecule has 2 rings (SSSR count). The summed E-state index contributed by atoms with van der Waals surface area (Å²) in [5, 5.41) is 3.30. The Balaban J connectivity index is 2.13. The number of halogens is 2. The Hall–Kier alpha value is -0.650. The lowest BCUT2D eigenvalue weighted by Gasteiger charge is -2.00. The van der Waals surface area contributed by atoms with Crippen LogP contribution in [0.4, 0.5) is 0 Å². The van der Waals surface area contributed by atoms with Crippen molar-refractivity contribution < 1.29 is 4.42 Å². The molecule has 1 N–H and O–H groups in total. The third kappa shape index (κ3) is 3.43. The maximum absolute atomic E-state index is 5.51. The normalized spacial score (nSPS) is 10.8. The second-order valence-electron chi connectivity index (χ2n) is 3.94. The number of rotatable bonds is 5. The van der Waals surface area contributed by atoms with Gasteiger partial charge in [0.15, 0.2) is 0 Å². The molecule has 1 heterocycles. The first-order chi connectivity index (χ1) is 8.70. The molecule has 0 amide bonds. The average Bonchev–Trinajstić information content (AvgIpc) is 2.78. The summed E-state index contributed by atoms with van der Waals surface area (Å²) in [6.07, 6.45) is 2.81. The molecule has 0 aliphatic carbocycles. The molecule has 2 aromatic rings. The van der Waals surface area contributed by atoms with E-state index in [0.717, 1.165) is 39.7 Å². The minimum Gasteiger partial charge on any atom is -0.444 e. The van der Waals surface area contributed by atoms with Gasteiger partial charge in [0, 0.05) is 15.5 Å². The fraction of sp³-hybridized carbons (Fsp3) is 0.308. The standard InChI is InChI=1S/C13H14Br2N2O/c1-2-5-16-7-10-8-18-13(17-10)11-4-3-9(14)6-12(11)15/h3-4,6,8,16H,2,5,7H2,1H3. The Labute approximate surface area is 123 Å². The van der Waals surface area contributed by atoms with Crippen LogP contribution in [-0.4, -0.2) is 11.5 Å². The van der Waals surface area contributed by atoms with E-state index in [1.165, 1.54) is 0 Å². The summed E-state index contributed by atoms with van der Waals surface area (Å²) in [5.74, 6) is 0.641. The molecule has 0 saturated carbocycles. The molecule has 0 bridgehead atoms. The van der Waals surface area contributed by atoms with Crippen LogP contribution in [0.15, 0.2) is 37.8 Å². The van der Waals surface area contributed by atoms with Gasteiger partial charge in [-0.2, -0.15) is 0 Å². The highest BCUT2D eigenvalue weighted by Crippen LogP contribution is 2.30. The van der Waals surface area contributed by atoms with E-state index < -0.39 is 0 Å². The zero-order valence-electron chi connectivity index (χ0n) is 10.0. The van der Waals surface area contributed by atoms with Crippen LogP contribution in [0.1, 0.15) is 19.0 Å². The first kappa shape index (κ1) is 13.8. The number of nitrogens with one attached hydrogen (secondary N) is 1. The van der Waals surface area contributed by atoms with Crippen molar-refractivity contribution in [1.82, 2.24) is 10.3 Å². The summed E-state index contributed by atoms with van der Waals surface area (Å²) in [5.41, 5.74) is 1.88. The Bertz CT molecular complexity index is 525. The van der Waals surface area contributed by atoms with Gasteiger partial charge in [-0.05, 0) is 47.1 Å². The number of nitrogens with zero attached hydrogens (tertiary/aromatic N) is 1. The number of aromatic nitrogens is 1. The highest BCUT2D eigenvalue weighted by molar-refractivity contribution is 9.11. The maximum atomic E-state index is 5.51. The number of hydrogen-bond acceptors (Lipinski definition) is 3. The van der Waals surface area contributed by atoms with E-state index in [0.29, 0.717) is 5.89 Å². The van der Waals surface area contributed by atoms with Gasteiger partial charge >= 0.3 is 0 Å². The number of oxazole rings is 1. The molecular formula is C13H14Br2N2O. The largest absolute Gasteiger partial charge is 0.444 e. The van der Waals surface area contributed by atoms with Gasteiger partial charge in [0.05, 0.1) is 11.3 Å². The Morgan fingerprint density at radius 1 is 1.33 bits per heavy atom. The smallest absolute Gasteiger partial charge is 0.227 e. The van der Waals surface area contributed by atoms with Gasteiger partial charge in [-0.15, -0.1) is 0 Å². The van der Waals surface area contributed by atoms with Crippen LogP contribution in [0.25, 0.3) is 11.5 Å². The molecule has 0 spiro atoms. The van der Waals surface area contributed by atoms with Gasteiger partial charge in [0.25, 0.3) is 0 Å². The SMILES string of the molecule is CCCNCc1coc(-c2ccc(Br)cc2Br)n1. The zero-order valence-corrected chi connectivity index (χ0v) is 13.2. The molecule has 18 heavy (non-hydrogen) atoms. The van der Waals surface area contributed by atoms with E-state index in [-0.39, 0.29) is 0 Å². The molecule has 0 unspecified atom stereocenters. The van der Waals surface area contributed by atoms with Gasteiger partial charge in [-0.25, -0.2) is 4.98 Å². The third-order valence-corrected chi connectivity index (χ3v) is 3.60. The van der Waals surface area contributed by atoms with Crippen molar-refractivity contribution in [3.05, 3.63) is 39.1 Å². The zero-order chi connectivity index (χ0) is 13.0. The van der Waals surface area contributed by atoms with Gasteiger partial charge in [-0.3, -0.25) is 0 Å². The summed E-state index contributed by atoms with van der Waals surface area (Å²) in [6.45, 7) is 3.87. The molecule has 0 saturated heterocycles. The quantitative estimate of drug-likeness (QED) is 0.791. The first-order valence-electron chi connectivity index (χ1n) is 5.81. The highest BCUT2D eigenvalue weighted by Gasteiger charge is 2.10. The van der Waals surface area contributed by atoms with E-state index in [4.69, 9.17) is 4.42 Å². The molecule has 0 aliphatic rings. The fourth-order valence-electron chi connectivity index (χ4n) is 1.57. The predicted octanol–water partition coefficient (Wildman–Crippen LogP) is 4.37. The molecule has 3 nitrogen and oxygen atoms in total. The van der Waals surface area contributed by atoms with Crippen molar-refractivity contribution in [3.8, 4) is 11.5 Å². The molecule has 0 fully saturated rings. The maximum Gasteiger partial charge on any atom is 0.227 e. The topological polar surface area (TPSA) is 38.1 Å². The second kappa shape index (κ2) is 6.50. The molecule has 0 radical (unpaired) electrons. The molecule has 0 atom stereocenters. The Morgan fingerprint density at radius 2 is 2.17 bits per heavy atom. The lowest BCUT2D eigenvalue weighted by atomic mass is 10.2. The summed E-state index contributed by atoms with van der Waals surface area (Å²) >= 11 is 6.94. The number of hydrogen-bond donors (Lipinski definition) is 1. The van der Waals surface area contributed by atoms with Crippen LogP contribution in [0.2, 0.25) is 0 Å². The van der Waals surface area contributed by atoms with E-state index in [2.05, 4.69) is 49.1 Å². The lowest BCUT2D eigenvalue weighted by Crippen LogP contribution is -2.13. The van der Waals surface area contributed by atoms with Crippen LogP contribution in [0.3, 0.4) is 0 Å². The van der Waals surface area contributed by atoms with E-state index in [1.807, 2.05) is 18.2 Å². The van der Waals surface area contributed by atoms with Crippen molar-refractivity contribution in [2.24, 2.45) is 0 Å². The van der Waals surface area contributed by atoms with Gasteiger partial charge in [0.1, 0.15) is 6.26 Å². The van der Waals surface area contributed by atoms with Gasteiger partial charge < -0.3 is 9.73 Å². The van der Waals surface area contributed by atoms with Crippen LogP contribution in [0.5, 0.6) is 0 Å². The van der Waals surface area contributed by atoms with E-state index in [9.17, 15) is 0 Å². The minimum atomic E-state index is 0.641. The summed E-state index contributed by atoms with van der Waals surface area (Å²) in [4.78, 5) is 4.47. The molecule has 1 aromatic heterocycles. The molecular weight excluding hydrogens is 360 g/mol. The lowest BCUT2D eigenvalue weighted by molar-refractivity contribution is 0.569. The average molecular weight is 374 g/mol. The summed E-state index contributed by atoms with van der Waals surface area (Å²) < 4.78 is 7.49. The molecule has 96 valence electrons. The minimum absolute atomic E-state index is 0.641. The second-order valence-corrected chi connectivity index (χ2v) is 5.71. The highest BCUT2D eigenvalue weighted by atomic mass is 79.9. The first-order valence-corrected chi connectivity index (χ1v) is 7.40. The van der Waals surface area contributed by atoms with Crippen molar-refractivity contribution in [3.63, 3.8) is 0 Å².